The topological polar surface area (TPSA) is 80.3 Å². The second-order valence-electron chi connectivity index (χ2n) is 11.5. The van der Waals surface area contributed by atoms with Crippen LogP contribution < -0.4 is 0 Å². The number of Topliss-reactive ketones (excluding diaryl/α,β-unsaturated/α-hetero) is 2. The molecular formula is C25H34O7. The highest BCUT2D eigenvalue weighted by molar-refractivity contribution is 6.04. The number of carbonyl (C=O) groups excluding carboxylic acids is 2. The van der Waals surface area contributed by atoms with Crippen molar-refractivity contribution in [2.45, 2.75) is 98.1 Å². The maximum atomic E-state index is 13.5. The second kappa shape index (κ2) is 7.49. The summed E-state index contributed by atoms with van der Waals surface area (Å²) in [6, 6.07) is 0. The van der Waals surface area contributed by atoms with E-state index in [-0.39, 0.29) is 28.5 Å². The van der Waals surface area contributed by atoms with Crippen molar-refractivity contribution in [3.8, 4) is 0 Å². The minimum Gasteiger partial charge on any atom is -0.465 e. The summed E-state index contributed by atoms with van der Waals surface area (Å²) in [5, 5.41) is 0. The summed E-state index contributed by atoms with van der Waals surface area (Å²) in [5.41, 5.74) is 0.805. The van der Waals surface area contributed by atoms with Gasteiger partial charge < -0.3 is 23.7 Å². The summed E-state index contributed by atoms with van der Waals surface area (Å²) >= 11 is 0. The van der Waals surface area contributed by atoms with Crippen LogP contribution in [0, 0.1) is 16.7 Å². The highest BCUT2D eigenvalue weighted by Gasteiger charge is 2.55. The Hall–Kier alpha value is -1.54. The van der Waals surface area contributed by atoms with E-state index in [1.807, 2.05) is 13.8 Å². The Bertz CT molecular complexity index is 859. The zero-order valence-electron chi connectivity index (χ0n) is 19.9. The van der Waals surface area contributed by atoms with Crippen LogP contribution in [0.1, 0.15) is 67.2 Å². The molecule has 2 aliphatic carbocycles. The van der Waals surface area contributed by atoms with Crippen molar-refractivity contribution in [2.24, 2.45) is 16.7 Å². The van der Waals surface area contributed by atoms with Gasteiger partial charge in [-0.3, -0.25) is 9.59 Å². The van der Waals surface area contributed by atoms with E-state index in [1.165, 1.54) is 0 Å². The number of fused-ring (bicyclic) bond motifs is 1. The summed E-state index contributed by atoms with van der Waals surface area (Å²) in [7, 11) is 0. The maximum absolute atomic E-state index is 13.5. The molecule has 2 saturated heterocycles. The van der Waals surface area contributed by atoms with Gasteiger partial charge in [-0.25, -0.2) is 0 Å². The van der Waals surface area contributed by atoms with Crippen molar-refractivity contribution in [1.29, 1.82) is 0 Å². The molecule has 3 aliphatic heterocycles. The van der Waals surface area contributed by atoms with E-state index in [4.69, 9.17) is 23.7 Å². The van der Waals surface area contributed by atoms with Crippen LogP contribution in [-0.4, -0.2) is 49.1 Å². The Labute approximate surface area is 189 Å². The van der Waals surface area contributed by atoms with Crippen LogP contribution in [0.2, 0.25) is 0 Å². The molecule has 5 aliphatic rings. The average Bonchev–Trinajstić information content (AvgIpc) is 2.64. The van der Waals surface area contributed by atoms with Crippen molar-refractivity contribution >= 4 is 11.6 Å². The fraction of sp³-hybridized carbons (Fsp3) is 0.760. The van der Waals surface area contributed by atoms with E-state index in [0.29, 0.717) is 55.0 Å². The van der Waals surface area contributed by atoms with Gasteiger partial charge >= 0.3 is 0 Å². The number of ketones is 2. The first-order chi connectivity index (χ1) is 14.9. The Kier molecular flexibility index (Phi) is 5.21. The van der Waals surface area contributed by atoms with Gasteiger partial charge in [0.15, 0.2) is 24.1 Å². The van der Waals surface area contributed by atoms with Crippen molar-refractivity contribution in [3.05, 3.63) is 22.7 Å². The third-order valence-corrected chi connectivity index (χ3v) is 7.20. The number of hydrogen-bond donors (Lipinski definition) is 0. The molecule has 0 aromatic rings. The van der Waals surface area contributed by atoms with E-state index in [0.717, 1.165) is 0 Å². The fourth-order valence-electron chi connectivity index (χ4n) is 5.98. The number of ether oxygens (including phenoxy) is 5. The molecule has 5 rings (SSSR count). The van der Waals surface area contributed by atoms with Crippen LogP contribution in [0.15, 0.2) is 22.7 Å². The minimum absolute atomic E-state index is 0.0323. The van der Waals surface area contributed by atoms with Crippen molar-refractivity contribution in [2.75, 3.05) is 6.61 Å². The van der Waals surface area contributed by atoms with Crippen molar-refractivity contribution in [3.63, 3.8) is 0 Å². The summed E-state index contributed by atoms with van der Waals surface area (Å²) in [4.78, 5) is 27.0. The van der Waals surface area contributed by atoms with Crippen LogP contribution in [0.25, 0.3) is 0 Å². The van der Waals surface area contributed by atoms with Gasteiger partial charge in [-0.1, -0.05) is 27.7 Å². The molecule has 0 amide bonds. The number of rotatable bonds is 1. The third kappa shape index (κ3) is 3.77. The molecule has 0 radical (unpaired) electrons. The van der Waals surface area contributed by atoms with Crippen molar-refractivity contribution < 1.29 is 33.3 Å². The SMILES string of the molecule is CC1OCC2OC(C)OC(C3C4=C(CC(C)(C)CC4=O)OC4=C3C(=O)CC(C)(C)C4)C2O1. The Morgan fingerprint density at radius 1 is 0.719 bits per heavy atom. The molecule has 5 atom stereocenters. The lowest BCUT2D eigenvalue weighted by Crippen LogP contribution is -2.60. The molecule has 176 valence electrons. The molecule has 0 bridgehead atoms. The zero-order valence-corrected chi connectivity index (χ0v) is 19.9. The Morgan fingerprint density at radius 2 is 1.25 bits per heavy atom. The first kappa shape index (κ1) is 22.3. The molecular weight excluding hydrogens is 412 g/mol. The molecule has 0 spiro atoms. The number of allylic oxidation sites excluding steroid dienone is 2. The molecule has 0 saturated carbocycles. The zero-order chi connectivity index (χ0) is 23.0. The molecule has 3 heterocycles. The van der Waals surface area contributed by atoms with E-state index >= 15 is 0 Å². The highest BCUT2D eigenvalue weighted by atomic mass is 16.8. The van der Waals surface area contributed by atoms with E-state index in [9.17, 15) is 9.59 Å². The molecule has 0 N–H and O–H groups in total. The number of carbonyl (C=O) groups is 2. The van der Waals surface area contributed by atoms with Crippen LogP contribution in [0.3, 0.4) is 0 Å². The average molecular weight is 447 g/mol. The summed E-state index contributed by atoms with van der Waals surface area (Å²) < 4.78 is 30.4. The third-order valence-electron chi connectivity index (χ3n) is 7.20. The van der Waals surface area contributed by atoms with Crippen LogP contribution in [0.4, 0.5) is 0 Å². The smallest absolute Gasteiger partial charge is 0.163 e. The Balaban J connectivity index is 1.64. The summed E-state index contributed by atoms with van der Waals surface area (Å²) in [6.45, 7) is 12.4. The molecule has 7 nitrogen and oxygen atoms in total. The lowest BCUT2D eigenvalue weighted by Gasteiger charge is -2.50. The van der Waals surface area contributed by atoms with Gasteiger partial charge in [-0.2, -0.15) is 0 Å². The highest BCUT2D eigenvalue weighted by Crippen LogP contribution is 2.52. The van der Waals surface area contributed by atoms with E-state index in [1.54, 1.807) is 0 Å². The van der Waals surface area contributed by atoms with Gasteiger partial charge in [0.2, 0.25) is 0 Å². The van der Waals surface area contributed by atoms with Gasteiger partial charge in [0, 0.05) is 36.8 Å². The van der Waals surface area contributed by atoms with Gasteiger partial charge in [0.1, 0.15) is 29.8 Å². The van der Waals surface area contributed by atoms with Crippen LogP contribution in [0.5, 0.6) is 0 Å². The summed E-state index contributed by atoms with van der Waals surface area (Å²) in [5.74, 6) is 0.944. The molecule has 32 heavy (non-hydrogen) atoms. The fourth-order valence-corrected chi connectivity index (χ4v) is 5.98. The van der Waals surface area contributed by atoms with Gasteiger partial charge in [-0.05, 0) is 24.7 Å². The lowest BCUT2D eigenvalue weighted by molar-refractivity contribution is -0.354. The monoisotopic (exact) mass is 446 g/mol. The van der Waals surface area contributed by atoms with Gasteiger partial charge in [-0.15, -0.1) is 0 Å². The first-order valence-electron chi connectivity index (χ1n) is 11.7. The van der Waals surface area contributed by atoms with Gasteiger partial charge in [0.25, 0.3) is 0 Å². The molecule has 0 aromatic carbocycles. The second-order valence-corrected chi connectivity index (χ2v) is 11.5. The molecule has 7 heteroatoms. The van der Waals surface area contributed by atoms with E-state index in [2.05, 4.69) is 27.7 Å². The summed E-state index contributed by atoms with van der Waals surface area (Å²) in [6.07, 6.45) is -0.0443. The predicted molar refractivity (Wildman–Crippen MR) is 114 cm³/mol. The van der Waals surface area contributed by atoms with E-state index < -0.39 is 30.7 Å². The lowest BCUT2D eigenvalue weighted by atomic mass is 9.65. The van der Waals surface area contributed by atoms with Crippen molar-refractivity contribution in [1.82, 2.24) is 0 Å². The number of hydrogen-bond acceptors (Lipinski definition) is 7. The maximum Gasteiger partial charge on any atom is 0.163 e. The quantitative estimate of drug-likeness (QED) is 0.606. The molecule has 2 fully saturated rings. The first-order valence-corrected chi connectivity index (χ1v) is 11.7. The predicted octanol–water partition coefficient (Wildman–Crippen LogP) is 3.81. The van der Waals surface area contributed by atoms with Crippen LogP contribution >= 0.6 is 0 Å². The molecule has 5 unspecified atom stereocenters. The standard InChI is InChI=1S/C25H34O7/c1-12-28-11-18-22(30-12)23(31-13(2)29-18)21-19-14(26)7-24(3,4)9-16(19)32-17-10-25(5,6)8-15(27)20(17)21/h12-13,18,21-23H,7-11H2,1-6H3. The minimum atomic E-state index is -0.524. The largest absolute Gasteiger partial charge is 0.465 e. The molecule has 0 aromatic heterocycles. The van der Waals surface area contributed by atoms with Crippen LogP contribution in [-0.2, 0) is 33.3 Å². The normalized spacial score (nSPS) is 39.2. The Morgan fingerprint density at radius 3 is 1.81 bits per heavy atom. The van der Waals surface area contributed by atoms with Gasteiger partial charge in [0.05, 0.1) is 12.5 Å².